The van der Waals surface area contributed by atoms with Crippen molar-refractivity contribution in [3.63, 3.8) is 0 Å². The molecule has 0 amide bonds. The van der Waals surface area contributed by atoms with Crippen molar-refractivity contribution in [2.24, 2.45) is 0 Å². The highest BCUT2D eigenvalue weighted by atomic mass is 19.1. The van der Waals surface area contributed by atoms with Gasteiger partial charge in [-0.2, -0.15) is 10.5 Å². The van der Waals surface area contributed by atoms with Crippen LogP contribution in [0.4, 0.5) is 4.39 Å². The number of benzene rings is 1. The SMILES string of the molecule is N#Cc1ncn(Cc2nc3c(F)cccc3[nH]2)c1C#N. The lowest BCUT2D eigenvalue weighted by atomic mass is 10.3. The number of hydrogen-bond acceptors (Lipinski definition) is 4. The molecule has 1 aromatic carbocycles. The molecule has 0 spiro atoms. The number of para-hydroxylation sites is 1. The van der Waals surface area contributed by atoms with E-state index in [1.54, 1.807) is 12.1 Å². The Balaban J connectivity index is 2.02. The van der Waals surface area contributed by atoms with Gasteiger partial charge in [0.2, 0.25) is 0 Å². The van der Waals surface area contributed by atoms with E-state index in [4.69, 9.17) is 10.5 Å². The second-order valence-corrected chi connectivity index (χ2v) is 4.11. The number of aromatic amines is 1. The van der Waals surface area contributed by atoms with Crippen LogP contribution < -0.4 is 0 Å². The molecule has 3 aromatic rings. The molecule has 0 fully saturated rings. The van der Waals surface area contributed by atoms with Gasteiger partial charge in [0.15, 0.2) is 17.2 Å². The maximum absolute atomic E-state index is 13.5. The number of nitriles is 2. The fraction of sp³-hybridized carbons (Fsp3) is 0.0769. The number of H-pyrrole nitrogens is 1. The average molecular weight is 266 g/mol. The second-order valence-electron chi connectivity index (χ2n) is 4.11. The van der Waals surface area contributed by atoms with Gasteiger partial charge >= 0.3 is 0 Å². The molecule has 1 N–H and O–H groups in total. The van der Waals surface area contributed by atoms with Crippen molar-refractivity contribution in [2.45, 2.75) is 6.54 Å². The van der Waals surface area contributed by atoms with Crippen LogP contribution in [0, 0.1) is 28.5 Å². The van der Waals surface area contributed by atoms with E-state index < -0.39 is 5.82 Å². The van der Waals surface area contributed by atoms with Crippen LogP contribution in [-0.2, 0) is 6.54 Å². The Morgan fingerprint density at radius 2 is 2.15 bits per heavy atom. The van der Waals surface area contributed by atoms with E-state index in [0.717, 1.165) is 0 Å². The van der Waals surface area contributed by atoms with E-state index in [-0.39, 0.29) is 23.4 Å². The van der Waals surface area contributed by atoms with Crippen molar-refractivity contribution < 1.29 is 4.39 Å². The lowest BCUT2D eigenvalue weighted by molar-refractivity contribution is 0.636. The highest BCUT2D eigenvalue weighted by Gasteiger charge is 2.12. The van der Waals surface area contributed by atoms with Gasteiger partial charge in [0, 0.05) is 0 Å². The topological polar surface area (TPSA) is 94.1 Å². The van der Waals surface area contributed by atoms with E-state index in [1.807, 2.05) is 12.1 Å². The fourth-order valence-electron chi connectivity index (χ4n) is 1.99. The summed E-state index contributed by atoms with van der Waals surface area (Å²) in [5.74, 6) is 0.0809. The summed E-state index contributed by atoms with van der Waals surface area (Å²) >= 11 is 0. The van der Waals surface area contributed by atoms with Gasteiger partial charge in [0.05, 0.1) is 18.4 Å². The van der Waals surface area contributed by atoms with Crippen LogP contribution in [0.25, 0.3) is 11.0 Å². The number of nitrogens with one attached hydrogen (secondary N) is 1. The van der Waals surface area contributed by atoms with E-state index in [9.17, 15) is 4.39 Å². The highest BCUT2D eigenvalue weighted by molar-refractivity contribution is 5.75. The molecular formula is C13H7FN6. The van der Waals surface area contributed by atoms with Crippen LogP contribution in [0.2, 0.25) is 0 Å². The predicted octanol–water partition coefficient (Wildman–Crippen LogP) is 1.69. The minimum absolute atomic E-state index is 0.0646. The van der Waals surface area contributed by atoms with Crippen molar-refractivity contribution in [3.05, 3.63) is 47.6 Å². The maximum atomic E-state index is 13.5. The third-order valence-electron chi connectivity index (χ3n) is 2.88. The standard InChI is InChI=1S/C13H7FN6/c14-8-2-1-3-9-13(8)19-12(18-9)6-20-7-17-10(4-15)11(20)5-16/h1-3,7H,6H2,(H,18,19). The van der Waals surface area contributed by atoms with E-state index in [2.05, 4.69) is 15.0 Å². The van der Waals surface area contributed by atoms with Crippen molar-refractivity contribution in [1.29, 1.82) is 10.5 Å². The van der Waals surface area contributed by atoms with Crippen molar-refractivity contribution in [3.8, 4) is 12.1 Å². The summed E-state index contributed by atoms with van der Waals surface area (Å²) in [5, 5.41) is 17.9. The molecule has 7 heteroatoms. The largest absolute Gasteiger partial charge is 0.340 e. The third kappa shape index (κ3) is 1.78. The van der Waals surface area contributed by atoms with Crippen molar-refractivity contribution in [2.75, 3.05) is 0 Å². The van der Waals surface area contributed by atoms with Gasteiger partial charge in [-0.15, -0.1) is 0 Å². The van der Waals surface area contributed by atoms with E-state index in [1.165, 1.54) is 17.0 Å². The van der Waals surface area contributed by atoms with E-state index >= 15 is 0 Å². The zero-order chi connectivity index (χ0) is 14.1. The highest BCUT2D eigenvalue weighted by Crippen LogP contribution is 2.16. The Kier molecular flexibility index (Phi) is 2.66. The number of halogens is 1. The number of aromatic nitrogens is 4. The van der Waals surface area contributed by atoms with Gasteiger partial charge in [0.1, 0.15) is 23.5 Å². The Bertz CT molecular complexity index is 877. The Morgan fingerprint density at radius 1 is 1.30 bits per heavy atom. The summed E-state index contributed by atoms with van der Waals surface area (Å²) in [6.45, 7) is 0.214. The van der Waals surface area contributed by atoms with Gasteiger partial charge in [-0.25, -0.2) is 14.4 Å². The van der Waals surface area contributed by atoms with Gasteiger partial charge in [0.25, 0.3) is 0 Å². The monoisotopic (exact) mass is 266 g/mol. The second kappa shape index (κ2) is 4.48. The van der Waals surface area contributed by atoms with Crippen LogP contribution in [0.1, 0.15) is 17.2 Å². The molecule has 0 aliphatic heterocycles. The molecule has 0 unspecified atom stereocenters. The quantitative estimate of drug-likeness (QED) is 0.763. The fourth-order valence-corrected chi connectivity index (χ4v) is 1.99. The molecule has 2 aromatic heterocycles. The molecule has 0 bridgehead atoms. The number of nitrogens with zero attached hydrogens (tertiary/aromatic N) is 5. The van der Waals surface area contributed by atoms with Crippen LogP contribution in [0.5, 0.6) is 0 Å². The van der Waals surface area contributed by atoms with Gasteiger partial charge in [-0.05, 0) is 12.1 Å². The van der Waals surface area contributed by atoms with Crippen LogP contribution in [0.15, 0.2) is 24.5 Å². The van der Waals surface area contributed by atoms with Crippen molar-refractivity contribution >= 4 is 11.0 Å². The predicted molar refractivity (Wildman–Crippen MR) is 66.8 cm³/mol. The van der Waals surface area contributed by atoms with Crippen LogP contribution in [0.3, 0.4) is 0 Å². The summed E-state index contributed by atoms with van der Waals surface area (Å²) in [5.41, 5.74) is 1.06. The molecule has 96 valence electrons. The van der Waals surface area contributed by atoms with Crippen LogP contribution >= 0.6 is 0 Å². The average Bonchev–Trinajstić information content (AvgIpc) is 3.03. The molecule has 3 rings (SSSR count). The molecule has 6 nitrogen and oxygen atoms in total. The molecular weight excluding hydrogens is 259 g/mol. The Labute approximate surface area is 112 Å². The first-order valence-electron chi connectivity index (χ1n) is 5.71. The summed E-state index contributed by atoms with van der Waals surface area (Å²) in [7, 11) is 0. The molecule has 2 heterocycles. The molecule has 0 radical (unpaired) electrons. The minimum atomic E-state index is -0.408. The summed E-state index contributed by atoms with van der Waals surface area (Å²) < 4.78 is 15.0. The first-order chi connectivity index (χ1) is 9.72. The maximum Gasteiger partial charge on any atom is 0.176 e. The molecule has 0 aliphatic carbocycles. The third-order valence-corrected chi connectivity index (χ3v) is 2.88. The number of rotatable bonds is 2. The Hall–Kier alpha value is -3.19. The summed E-state index contributed by atoms with van der Waals surface area (Å²) in [4.78, 5) is 11.0. The molecule has 0 aliphatic rings. The van der Waals surface area contributed by atoms with Crippen molar-refractivity contribution in [1.82, 2.24) is 19.5 Å². The first kappa shape index (κ1) is 11.9. The first-order valence-corrected chi connectivity index (χ1v) is 5.71. The molecule has 20 heavy (non-hydrogen) atoms. The number of hydrogen-bond donors (Lipinski definition) is 1. The summed E-state index contributed by atoms with van der Waals surface area (Å²) in [6.07, 6.45) is 1.39. The lowest BCUT2D eigenvalue weighted by Crippen LogP contribution is -2.03. The smallest absolute Gasteiger partial charge is 0.176 e. The zero-order valence-corrected chi connectivity index (χ0v) is 10.1. The van der Waals surface area contributed by atoms with Gasteiger partial charge in [-0.3, -0.25) is 0 Å². The van der Waals surface area contributed by atoms with Gasteiger partial charge in [-0.1, -0.05) is 6.07 Å². The molecule has 0 saturated heterocycles. The molecule has 0 saturated carbocycles. The summed E-state index contributed by atoms with van der Waals surface area (Å²) in [6, 6.07) is 8.40. The lowest BCUT2D eigenvalue weighted by Gasteiger charge is -1.99. The number of imidazole rings is 2. The normalized spacial score (nSPS) is 10.3. The van der Waals surface area contributed by atoms with Gasteiger partial charge < -0.3 is 9.55 Å². The van der Waals surface area contributed by atoms with Crippen LogP contribution in [-0.4, -0.2) is 19.5 Å². The zero-order valence-electron chi connectivity index (χ0n) is 10.1. The molecule has 0 atom stereocenters. The Morgan fingerprint density at radius 3 is 2.85 bits per heavy atom. The number of fused-ring (bicyclic) bond motifs is 1. The van der Waals surface area contributed by atoms with E-state index in [0.29, 0.717) is 11.3 Å². The minimum Gasteiger partial charge on any atom is -0.340 e.